The van der Waals surface area contributed by atoms with Crippen LogP contribution < -0.4 is 10.2 Å². The topological polar surface area (TPSA) is 123 Å². The molecule has 2 aromatic heterocycles. The van der Waals surface area contributed by atoms with Gasteiger partial charge in [-0.25, -0.2) is 4.98 Å². The van der Waals surface area contributed by atoms with E-state index in [2.05, 4.69) is 26.5 Å². The number of pyridine rings is 1. The first-order chi connectivity index (χ1) is 23.5. The van der Waals surface area contributed by atoms with Crippen LogP contribution >= 0.6 is 0 Å². The standard InChI is InChI=1S/C36H35F3N8O2/c1-45-21-42-44-32(45)25-3-2-22(15-40)10-26(25)24-13-30(41-18-35(20-48)6-7-35)43-31(14-24)47-17-28-27(33(47)49)11-23(12-29(28)36(37,38)39)16-46-9-8-34(19-46)4-5-34/h2-3,10-14,21,48H,4-9,16-20H2,1H3,(H,41,43). The van der Waals surface area contributed by atoms with Gasteiger partial charge in [-0.05, 0) is 109 Å². The first kappa shape index (κ1) is 31.5. The smallest absolute Gasteiger partial charge is 0.396 e. The van der Waals surface area contributed by atoms with E-state index in [1.165, 1.54) is 23.8 Å². The van der Waals surface area contributed by atoms with Crippen LogP contribution in [0.15, 0.2) is 48.8 Å². The van der Waals surface area contributed by atoms with Crippen molar-refractivity contribution in [3.63, 3.8) is 0 Å². The van der Waals surface area contributed by atoms with Crippen LogP contribution in [0.5, 0.6) is 0 Å². The second-order valence-corrected chi connectivity index (χ2v) is 14.3. The van der Waals surface area contributed by atoms with E-state index < -0.39 is 17.6 Å². The number of aromatic nitrogens is 4. The number of benzene rings is 2. The Balaban J connectivity index is 1.20. The van der Waals surface area contributed by atoms with Gasteiger partial charge in [-0.1, -0.05) is 0 Å². The van der Waals surface area contributed by atoms with Crippen molar-refractivity contribution in [1.29, 1.82) is 5.26 Å². The molecule has 3 fully saturated rings. The summed E-state index contributed by atoms with van der Waals surface area (Å²) in [6.07, 6.45) is 2.01. The molecule has 2 aromatic carbocycles. The first-order valence-electron chi connectivity index (χ1n) is 16.5. The summed E-state index contributed by atoms with van der Waals surface area (Å²) in [5.74, 6) is 0.557. The van der Waals surface area contributed by atoms with E-state index in [0.29, 0.717) is 58.0 Å². The molecule has 4 aromatic rings. The molecule has 49 heavy (non-hydrogen) atoms. The van der Waals surface area contributed by atoms with Crippen molar-refractivity contribution in [2.45, 2.75) is 51.4 Å². The van der Waals surface area contributed by atoms with Gasteiger partial charge in [0.25, 0.3) is 5.91 Å². The van der Waals surface area contributed by atoms with E-state index in [0.717, 1.165) is 32.4 Å². The van der Waals surface area contributed by atoms with Gasteiger partial charge in [-0.2, -0.15) is 18.4 Å². The number of anilines is 2. The van der Waals surface area contributed by atoms with Gasteiger partial charge in [0, 0.05) is 43.2 Å². The molecule has 0 atom stereocenters. The minimum absolute atomic E-state index is 0.00789. The Morgan fingerprint density at radius 1 is 1.04 bits per heavy atom. The third-order valence-electron chi connectivity index (χ3n) is 10.7. The van der Waals surface area contributed by atoms with E-state index >= 15 is 0 Å². The number of likely N-dealkylation sites (tertiary alicyclic amines) is 1. The molecule has 252 valence electrons. The third kappa shape index (κ3) is 5.82. The molecule has 4 heterocycles. The summed E-state index contributed by atoms with van der Waals surface area (Å²) in [6.45, 7) is 2.22. The second-order valence-electron chi connectivity index (χ2n) is 14.3. The average Bonchev–Trinajstić information content (AvgIpc) is 3.91. The number of nitriles is 1. The Hall–Kier alpha value is -4.80. The zero-order chi connectivity index (χ0) is 34.1. The van der Waals surface area contributed by atoms with Gasteiger partial charge in [0.1, 0.15) is 18.0 Å². The molecule has 2 saturated carbocycles. The van der Waals surface area contributed by atoms with Crippen molar-refractivity contribution in [3.8, 4) is 28.6 Å². The molecular weight excluding hydrogens is 633 g/mol. The Morgan fingerprint density at radius 2 is 1.86 bits per heavy atom. The number of halogens is 3. The molecule has 10 nitrogen and oxygen atoms in total. The highest BCUT2D eigenvalue weighted by atomic mass is 19.4. The number of aliphatic hydroxyl groups excluding tert-OH is 1. The monoisotopic (exact) mass is 668 g/mol. The van der Waals surface area contributed by atoms with E-state index in [9.17, 15) is 28.3 Å². The number of amides is 1. The predicted molar refractivity (Wildman–Crippen MR) is 175 cm³/mol. The first-order valence-corrected chi connectivity index (χ1v) is 16.5. The molecule has 4 aliphatic rings. The summed E-state index contributed by atoms with van der Waals surface area (Å²) in [4.78, 5) is 22.3. The molecular formula is C36H35F3N8O2. The number of hydrogen-bond acceptors (Lipinski definition) is 8. The van der Waals surface area contributed by atoms with Crippen LogP contribution in [-0.2, 0) is 26.3 Å². The van der Waals surface area contributed by atoms with Crippen LogP contribution in [-0.4, -0.2) is 61.9 Å². The van der Waals surface area contributed by atoms with Crippen LogP contribution in [0.3, 0.4) is 0 Å². The summed E-state index contributed by atoms with van der Waals surface area (Å²) in [5, 5.41) is 31.3. The maximum Gasteiger partial charge on any atom is 0.416 e. The molecule has 2 N–H and O–H groups in total. The van der Waals surface area contributed by atoms with Crippen molar-refractivity contribution in [3.05, 3.63) is 76.6 Å². The Kier molecular flexibility index (Phi) is 7.31. The molecule has 0 radical (unpaired) electrons. The summed E-state index contributed by atoms with van der Waals surface area (Å²) in [5.41, 5.74) is 1.98. The molecule has 8 rings (SSSR count). The van der Waals surface area contributed by atoms with Crippen molar-refractivity contribution in [2.75, 3.05) is 36.5 Å². The fraction of sp³-hybridized carbons (Fsp3) is 0.417. The number of carbonyl (C=O) groups is 1. The summed E-state index contributed by atoms with van der Waals surface area (Å²) >= 11 is 0. The summed E-state index contributed by atoms with van der Waals surface area (Å²) in [6, 6.07) is 13.6. The highest BCUT2D eigenvalue weighted by molar-refractivity contribution is 6.10. The number of hydrogen-bond donors (Lipinski definition) is 2. The lowest BCUT2D eigenvalue weighted by atomic mass is 9.97. The number of fused-ring (bicyclic) bond motifs is 1. The number of nitrogens with zero attached hydrogens (tertiary/aromatic N) is 7. The van der Waals surface area contributed by atoms with E-state index in [1.54, 1.807) is 54.3 Å². The highest BCUT2D eigenvalue weighted by Crippen LogP contribution is 2.53. The van der Waals surface area contributed by atoms with Gasteiger partial charge in [0.05, 0.1) is 30.3 Å². The fourth-order valence-corrected chi connectivity index (χ4v) is 7.32. The number of aliphatic hydroxyl groups is 1. The van der Waals surface area contributed by atoms with Gasteiger partial charge in [0.15, 0.2) is 5.82 Å². The number of nitrogens with one attached hydrogen (secondary N) is 1. The largest absolute Gasteiger partial charge is 0.416 e. The van der Waals surface area contributed by atoms with Gasteiger partial charge in [-0.3, -0.25) is 14.6 Å². The van der Waals surface area contributed by atoms with Crippen LogP contribution in [0, 0.1) is 22.2 Å². The highest BCUT2D eigenvalue weighted by Gasteiger charge is 2.48. The van der Waals surface area contributed by atoms with E-state index in [4.69, 9.17) is 4.98 Å². The van der Waals surface area contributed by atoms with Gasteiger partial charge >= 0.3 is 6.18 Å². The van der Waals surface area contributed by atoms with Crippen LogP contribution in [0.4, 0.5) is 24.8 Å². The van der Waals surface area contributed by atoms with Gasteiger partial charge in [0.2, 0.25) is 0 Å². The van der Waals surface area contributed by atoms with Crippen LogP contribution in [0.2, 0.25) is 0 Å². The van der Waals surface area contributed by atoms with Crippen molar-refractivity contribution >= 4 is 17.5 Å². The van der Waals surface area contributed by atoms with Gasteiger partial charge in [-0.15, -0.1) is 10.2 Å². The zero-order valence-electron chi connectivity index (χ0n) is 27.0. The molecule has 0 unspecified atom stereocenters. The predicted octanol–water partition coefficient (Wildman–Crippen LogP) is 5.77. The minimum Gasteiger partial charge on any atom is -0.396 e. The SMILES string of the molecule is Cn1cnnc1-c1ccc(C#N)cc1-c1cc(NCC2(CO)CC2)nc(N2Cc3c(cc(CN4CCC5(CC5)C4)cc3C(F)(F)F)C2=O)c1. The van der Waals surface area contributed by atoms with Crippen molar-refractivity contribution < 1.29 is 23.1 Å². The van der Waals surface area contributed by atoms with E-state index in [1.807, 2.05) is 0 Å². The maximum atomic E-state index is 14.6. The molecule has 2 aliphatic heterocycles. The lowest BCUT2D eigenvalue weighted by molar-refractivity contribution is -0.138. The number of carbonyl (C=O) groups excluding carboxylic acids is 1. The Bertz CT molecular complexity index is 2030. The molecule has 13 heteroatoms. The molecule has 1 amide bonds. The normalized spacial score (nSPS) is 18.9. The van der Waals surface area contributed by atoms with Crippen molar-refractivity contribution in [2.24, 2.45) is 17.9 Å². The Morgan fingerprint density at radius 3 is 2.51 bits per heavy atom. The summed E-state index contributed by atoms with van der Waals surface area (Å²) in [7, 11) is 1.80. The summed E-state index contributed by atoms with van der Waals surface area (Å²) < 4.78 is 45.5. The maximum absolute atomic E-state index is 14.6. The molecule has 0 bridgehead atoms. The van der Waals surface area contributed by atoms with E-state index in [-0.39, 0.29) is 35.5 Å². The lowest BCUT2D eigenvalue weighted by Crippen LogP contribution is -2.25. The quantitative estimate of drug-likeness (QED) is 0.231. The van der Waals surface area contributed by atoms with Crippen LogP contribution in [0.25, 0.3) is 22.5 Å². The van der Waals surface area contributed by atoms with Crippen LogP contribution in [0.1, 0.15) is 64.7 Å². The van der Waals surface area contributed by atoms with Gasteiger partial charge < -0.3 is 15.0 Å². The molecule has 1 spiro atoms. The molecule has 1 saturated heterocycles. The Labute approximate surface area is 281 Å². The number of alkyl halides is 3. The fourth-order valence-electron chi connectivity index (χ4n) is 7.32. The lowest BCUT2D eigenvalue weighted by Gasteiger charge is -2.20. The zero-order valence-corrected chi connectivity index (χ0v) is 27.0. The number of rotatable bonds is 9. The molecule has 2 aliphatic carbocycles. The minimum atomic E-state index is -4.65. The van der Waals surface area contributed by atoms with Crippen molar-refractivity contribution in [1.82, 2.24) is 24.6 Å². The third-order valence-corrected chi connectivity index (χ3v) is 10.7. The average molecular weight is 669 g/mol. The number of aryl methyl sites for hydroxylation is 1. The second kappa shape index (κ2) is 11.4.